The van der Waals surface area contributed by atoms with Crippen molar-refractivity contribution >= 4 is 23.2 Å². The summed E-state index contributed by atoms with van der Waals surface area (Å²) < 4.78 is 0. The number of hydrogen-bond acceptors (Lipinski definition) is 3. The Hall–Kier alpha value is -1.36. The molecule has 0 spiro atoms. The molecule has 0 radical (unpaired) electrons. The first kappa shape index (κ1) is 15.2. The molecule has 23 heavy (non-hydrogen) atoms. The lowest BCUT2D eigenvalue weighted by molar-refractivity contribution is -0.126. The van der Waals surface area contributed by atoms with Crippen LogP contribution < -0.4 is 10.6 Å². The van der Waals surface area contributed by atoms with Crippen LogP contribution in [0, 0.1) is 17.8 Å². The van der Waals surface area contributed by atoms with Crippen LogP contribution >= 0.6 is 11.3 Å². The first-order chi connectivity index (χ1) is 11.1. The van der Waals surface area contributed by atoms with Crippen LogP contribution in [-0.4, -0.2) is 23.9 Å². The van der Waals surface area contributed by atoms with Crippen molar-refractivity contribution in [2.45, 2.75) is 50.5 Å². The van der Waals surface area contributed by atoms with Crippen LogP contribution in [-0.2, 0) is 4.79 Å². The van der Waals surface area contributed by atoms with Gasteiger partial charge in [0.05, 0.1) is 0 Å². The van der Waals surface area contributed by atoms with Gasteiger partial charge in [0.1, 0.15) is 0 Å². The molecule has 4 nitrogen and oxygen atoms in total. The summed E-state index contributed by atoms with van der Waals surface area (Å²) in [7, 11) is 0. The first-order valence-electron chi connectivity index (χ1n) is 8.73. The van der Waals surface area contributed by atoms with Crippen LogP contribution in [0.15, 0.2) is 16.8 Å². The van der Waals surface area contributed by atoms with Crippen molar-refractivity contribution in [1.29, 1.82) is 0 Å². The van der Waals surface area contributed by atoms with Gasteiger partial charge in [-0.3, -0.25) is 9.59 Å². The highest BCUT2D eigenvalue weighted by Crippen LogP contribution is 2.55. The van der Waals surface area contributed by atoms with Gasteiger partial charge < -0.3 is 10.6 Å². The smallest absolute Gasteiger partial charge is 0.252 e. The lowest BCUT2D eigenvalue weighted by Gasteiger charge is -2.56. The van der Waals surface area contributed by atoms with E-state index in [0.717, 1.165) is 17.8 Å². The van der Waals surface area contributed by atoms with Crippen molar-refractivity contribution < 1.29 is 9.59 Å². The SMILES string of the molecule is O=C(CCNC(=O)c1ccsc1)NC12CC3CC(CC(C3)C1)C2. The molecule has 2 N–H and O–H groups in total. The quantitative estimate of drug-likeness (QED) is 0.871. The Labute approximate surface area is 141 Å². The third-order valence-corrected chi connectivity index (χ3v) is 6.55. The fourth-order valence-electron chi connectivity index (χ4n) is 5.41. The molecule has 0 atom stereocenters. The van der Waals surface area contributed by atoms with Crippen LogP contribution in [0.2, 0.25) is 0 Å². The van der Waals surface area contributed by atoms with E-state index < -0.39 is 0 Å². The van der Waals surface area contributed by atoms with E-state index in [-0.39, 0.29) is 17.4 Å². The topological polar surface area (TPSA) is 58.2 Å². The number of carbonyl (C=O) groups excluding carboxylic acids is 2. The number of thiophene rings is 1. The molecule has 4 aliphatic rings. The fraction of sp³-hybridized carbons (Fsp3) is 0.667. The summed E-state index contributed by atoms with van der Waals surface area (Å²) in [5.74, 6) is 2.51. The van der Waals surface area contributed by atoms with Gasteiger partial charge in [0.25, 0.3) is 5.91 Å². The fourth-order valence-corrected chi connectivity index (χ4v) is 6.04. The Morgan fingerprint density at radius 2 is 1.78 bits per heavy atom. The monoisotopic (exact) mass is 332 g/mol. The summed E-state index contributed by atoms with van der Waals surface area (Å²) in [4.78, 5) is 24.2. The van der Waals surface area contributed by atoms with Crippen LogP contribution in [0.5, 0.6) is 0 Å². The minimum absolute atomic E-state index is 0.0726. The molecule has 1 heterocycles. The molecule has 4 saturated carbocycles. The summed E-state index contributed by atoms with van der Waals surface area (Å²) in [5.41, 5.74) is 0.750. The van der Waals surface area contributed by atoms with E-state index in [1.165, 1.54) is 49.9 Å². The van der Waals surface area contributed by atoms with Gasteiger partial charge >= 0.3 is 0 Å². The predicted octanol–water partition coefficient (Wildman–Crippen LogP) is 2.95. The van der Waals surface area contributed by atoms with E-state index in [4.69, 9.17) is 0 Å². The van der Waals surface area contributed by atoms with Crippen molar-refractivity contribution in [3.63, 3.8) is 0 Å². The number of rotatable bonds is 5. The largest absolute Gasteiger partial charge is 0.351 e. The summed E-state index contributed by atoms with van der Waals surface area (Å²) in [5, 5.41) is 9.88. The van der Waals surface area contributed by atoms with Crippen LogP contribution in [0.3, 0.4) is 0 Å². The van der Waals surface area contributed by atoms with Gasteiger partial charge in [-0.05, 0) is 67.7 Å². The summed E-state index contributed by atoms with van der Waals surface area (Å²) in [6, 6.07) is 1.80. The molecule has 5 heteroatoms. The summed E-state index contributed by atoms with van der Waals surface area (Å²) in [6.45, 7) is 0.410. The lowest BCUT2D eigenvalue weighted by atomic mass is 9.53. The van der Waals surface area contributed by atoms with Gasteiger partial charge in [-0.1, -0.05) is 0 Å². The Morgan fingerprint density at radius 1 is 1.13 bits per heavy atom. The van der Waals surface area contributed by atoms with E-state index in [1.807, 2.05) is 10.8 Å². The Bertz CT molecular complexity index is 561. The molecule has 4 aliphatic carbocycles. The van der Waals surface area contributed by atoms with E-state index in [1.54, 1.807) is 6.07 Å². The van der Waals surface area contributed by atoms with Crippen molar-refractivity contribution in [1.82, 2.24) is 10.6 Å². The van der Waals surface area contributed by atoms with Crippen LogP contribution in [0.25, 0.3) is 0 Å². The average molecular weight is 332 g/mol. The van der Waals surface area contributed by atoms with Crippen molar-refractivity contribution in [3.8, 4) is 0 Å². The number of hydrogen-bond donors (Lipinski definition) is 2. The third-order valence-electron chi connectivity index (χ3n) is 5.86. The lowest BCUT2D eigenvalue weighted by Crippen LogP contribution is -2.60. The third kappa shape index (κ3) is 3.16. The number of amides is 2. The van der Waals surface area contributed by atoms with Gasteiger partial charge in [-0.15, -0.1) is 0 Å². The highest BCUT2D eigenvalue weighted by atomic mass is 32.1. The minimum Gasteiger partial charge on any atom is -0.351 e. The molecule has 0 unspecified atom stereocenters. The first-order valence-corrected chi connectivity index (χ1v) is 9.68. The van der Waals surface area contributed by atoms with Crippen molar-refractivity contribution in [2.75, 3.05) is 6.54 Å². The predicted molar refractivity (Wildman–Crippen MR) is 90.3 cm³/mol. The molecular formula is C18H24N2O2S. The molecule has 0 saturated heterocycles. The highest BCUT2D eigenvalue weighted by Gasteiger charge is 2.51. The standard InChI is InChI=1S/C18H24N2O2S/c21-16(1-3-19-17(22)15-2-4-23-11-15)20-18-8-12-5-13(9-18)7-14(6-12)10-18/h2,4,11-14H,1,3,5-10H2,(H,19,22)(H,20,21). The van der Waals surface area contributed by atoms with Crippen molar-refractivity contribution in [3.05, 3.63) is 22.4 Å². The second kappa shape index (κ2) is 5.93. The van der Waals surface area contributed by atoms with Crippen LogP contribution in [0.1, 0.15) is 55.3 Å². The number of nitrogens with one attached hydrogen (secondary N) is 2. The van der Waals surface area contributed by atoms with E-state index in [9.17, 15) is 9.59 Å². The molecule has 0 aliphatic heterocycles. The molecule has 5 rings (SSSR count). The maximum atomic E-state index is 12.3. The zero-order valence-electron chi connectivity index (χ0n) is 13.3. The molecule has 2 amide bonds. The molecule has 124 valence electrons. The molecule has 1 aromatic rings. The maximum absolute atomic E-state index is 12.3. The zero-order chi connectivity index (χ0) is 15.9. The van der Waals surface area contributed by atoms with Gasteiger partial charge in [0, 0.05) is 29.4 Å². The summed E-state index contributed by atoms with van der Waals surface area (Å²) >= 11 is 1.50. The Morgan fingerprint density at radius 3 is 2.35 bits per heavy atom. The molecule has 4 fully saturated rings. The minimum atomic E-state index is -0.0890. The number of carbonyl (C=O) groups is 2. The molecular weight excluding hydrogens is 308 g/mol. The summed E-state index contributed by atoms with van der Waals surface area (Å²) in [6.07, 6.45) is 8.03. The van der Waals surface area contributed by atoms with Gasteiger partial charge in [-0.25, -0.2) is 0 Å². The van der Waals surface area contributed by atoms with Crippen LogP contribution in [0.4, 0.5) is 0 Å². The van der Waals surface area contributed by atoms with Gasteiger partial charge in [0.2, 0.25) is 5.91 Å². The second-order valence-electron chi connectivity index (χ2n) is 7.76. The van der Waals surface area contributed by atoms with E-state index in [0.29, 0.717) is 18.5 Å². The highest BCUT2D eigenvalue weighted by molar-refractivity contribution is 7.08. The molecule has 1 aromatic heterocycles. The Balaban J connectivity index is 1.27. The average Bonchev–Trinajstić information content (AvgIpc) is 2.99. The zero-order valence-corrected chi connectivity index (χ0v) is 14.2. The Kier molecular flexibility index (Phi) is 3.92. The van der Waals surface area contributed by atoms with Gasteiger partial charge in [0.15, 0.2) is 0 Å². The second-order valence-corrected chi connectivity index (χ2v) is 8.54. The van der Waals surface area contributed by atoms with E-state index >= 15 is 0 Å². The van der Waals surface area contributed by atoms with Crippen molar-refractivity contribution in [2.24, 2.45) is 17.8 Å². The molecule has 4 bridgehead atoms. The van der Waals surface area contributed by atoms with E-state index in [2.05, 4.69) is 10.6 Å². The normalized spacial score (nSPS) is 34.3. The molecule has 0 aromatic carbocycles. The maximum Gasteiger partial charge on any atom is 0.252 e. The van der Waals surface area contributed by atoms with Gasteiger partial charge in [-0.2, -0.15) is 11.3 Å².